The Morgan fingerprint density at radius 3 is 3.12 bits per heavy atom. The molecule has 0 radical (unpaired) electrons. The normalized spacial score (nSPS) is 12.9. The van der Waals surface area contributed by atoms with Crippen LogP contribution in [-0.4, -0.2) is 28.9 Å². The maximum atomic E-state index is 5.09. The first kappa shape index (κ1) is 11.3. The summed E-state index contributed by atoms with van der Waals surface area (Å²) in [5.41, 5.74) is 0. The van der Waals surface area contributed by atoms with Crippen molar-refractivity contribution in [2.45, 2.75) is 13.3 Å². The Bertz CT molecular complexity index is 424. The Kier molecular flexibility index (Phi) is 3.69. The number of H-pyrrole nitrogens is 1. The van der Waals surface area contributed by atoms with Gasteiger partial charge < -0.3 is 4.74 Å². The van der Waals surface area contributed by atoms with Gasteiger partial charge in [0.1, 0.15) is 5.82 Å². The highest BCUT2D eigenvalue weighted by Crippen LogP contribution is 2.20. The molecule has 0 fully saturated rings. The molecule has 86 valence electrons. The van der Waals surface area contributed by atoms with Crippen LogP contribution >= 0.6 is 11.3 Å². The van der Waals surface area contributed by atoms with Crippen LogP contribution in [0.3, 0.4) is 0 Å². The van der Waals surface area contributed by atoms with Crippen molar-refractivity contribution in [3.05, 3.63) is 23.3 Å². The van der Waals surface area contributed by atoms with Crippen molar-refractivity contribution in [2.24, 2.45) is 5.92 Å². The molecule has 5 heteroatoms. The molecule has 0 saturated heterocycles. The number of methoxy groups -OCH3 is 1. The third kappa shape index (κ3) is 2.68. The number of aromatic amines is 1. The number of aromatic nitrogens is 3. The van der Waals surface area contributed by atoms with E-state index < -0.39 is 0 Å². The summed E-state index contributed by atoms with van der Waals surface area (Å²) < 4.78 is 5.09. The highest BCUT2D eigenvalue weighted by atomic mass is 32.1. The molecule has 2 aromatic rings. The molecule has 0 amide bonds. The van der Waals surface area contributed by atoms with Crippen molar-refractivity contribution in [1.29, 1.82) is 0 Å². The zero-order valence-electron chi connectivity index (χ0n) is 9.43. The molecule has 1 unspecified atom stereocenters. The Morgan fingerprint density at radius 1 is 1.56 bits per heavy atom. The van der Waals surface area contributed by atoms with Gasteiger partial charge in [-0.2, -0.15) is 5.10 Å². The molecular weight excluding hydrogens is 222 g/mol. The number of hydrogen-bond acceptors (Lipinski definition) is 4. The molecule has 0 aliphatic heterocycles. The van der Waals surface area contributed by atoms with Crippen LogP contribution in [-0.2, 0) is 11.2 Å². The van der Waals surface area contributed by atoms with E-state index in [2.05, 4.69) is 22.1 Å². The van der Waals surface area contributed by atoms with Gasteiger partial charge in [-0.3, -0.25) is 5.10 Å². The van der Waals surface area contributed by atoms with E-state index >= 15 is 0 Å². The van der Waals surface area contributed by atoms with Crippen molar-refractivity contribution >= 4 is 11.3 Å². The first-order valence-corrected chi connectivity index (χ1v) is 6.11. The van der Waals surface area contributed by atoms with Crippen molar-refractivity contribution in [1.82, 2.24) is 15.2 Å². The lowest BCUT2D eigenvalue weighted by Crippen LogP contribution is -2.08. The SMILES string of the molecule is COCC(C)Cc1nc(-c2cccs2)n[nH]1. The lowest BCUT2D eigenvalue weighted by Gasteiger charge is -2.06. The van der Waals surface area contributed by atoms with Crippen LogP contribution in [0.25, 0.3) is 10.7 Å². The van der Waals surface area contributed by atoms with Gasteiger partial charge in [-0.25, -0.2) is 4.98 Å². The fraction of sp³-hybridized carbons (Fsp3) is 0.455. The van der Waals surface area contributed by atoms with Crippen LogP contribution in [0.2, 0.25) is 0 Å². The molecule has 0 aromatic carbocycles. The van der Waals surface area contributed by atoms with E-state index in [0.717, 1.165) is 29.6 Å². The molecule has 1 N–H and O–H groups in total. The number of hydrogen-bond donors (Lipinski definition) is 1. The molecule has 2 rings (SSSR count). The van der Waals surface area contributed by atoms with Gasteiger partial charge in [-0.1, -0.05) is 13.0 Å². The molecule has 2 aromatic heterocycles. The van der Waals surface area contributed by atoms with Gasteiger partial charge in [0.25, 0.3) is 0 Å². The molecule has 0 bridgehead atoms. The Morgan fingerprint density at radius 2 is 2.44 bits per heavy atom. The zero-order valence-corrected chi connectivity index (χ0v) is 10.3. The summed E-state index contributed by atoms with van der Waals surface area (Å²) in [6, 6.07) is 4.03. The number of nitrogens with zero attached hydrogens (tertiary/aromatic N) is 2. The minimum atomic E-state index is 0.453. The van der Waals surface area contributed by atoms with Crippen LogP contribution in [0, 0.1) is 5.92 Å². The molecule has 4 nitrogen and oxygen atoms in total. The molecule has 0 saturated carbocycles. The summed E-state index contributed by atoms with van der Waals surface area (Å²) in [6.45, 7) is 2.88. The molecule has 2 heterocycles. The molecule has 0 aliphatic carbocycles. The molecular formula is C11H15N3OS. The summed E-state index contributed by atoms with van der Waals surface area (Å²) in [5, 5.41) is 9.21. The average Bonchev–Trinajstić information content (AvgIpc) is 2.86. The third-order valence-corrected chi connectivity index (χ3v) is 3.13. The Balaban J connectivity index is 2.03. The van der Waals surface area contributed by atoms with E-state index in [1.807, 2.05) is 17.5 Å². The fourth-order valence-corrected chi connectivity index (χ4v) is 2.23. The first-order valence-electron chi connectivity index (χ1n) is 5.23. The van der Waals surface area contributed by atoms with Crippen molar-refractivity contribution in [2.75, 3.05) is 13.7 Å². The zero-order chi connectivity index (χ0) is 11.4. The fourth-order valence-electron chi connectivity index (χ4n) is 1.58. The Labute approximate surface area is 98.7 Å². The van der Waals surface area contributed by atoms with E-state index in [-0.39, 0.29) is 0 Å². The van der Waals surface area contributed by atoms with Gasteiger partial charge in [0, 0.05) is 20.1 Å². The Hall–Kier alpha value is -1.20. The highest BCUT2D eigenvalue weighted by Gasteiger charge is 2.09. The average molecular weight is 237 g/mol. The number of rotatable bonds is 5. The largest absolute Gasteiger partial charge is 0.384 e. The van der Waals surface area contributed by atoms with Crippen molar-refractivity contribution < 1.29 is 4.74 Å². The maximum Gasteiger partial charge on any atom is 0.191 e. The van der Waals surface area contributed by atoms with Crippen LogP contribution in [0.1, 0.15) is 12.7 Å². The molecule has 0 aliphatic rings. The first-order chi connectivity index (χ1) is 7.79. The molecule has 1 atom stereocenters. The van der Waals surface area contributed by atoms with E-state index in [0.29, 0.717) is 5.92 Å². The second kappa shape index (κ2) is 5.23. The molecule has 0 spiro atoms. The van der Waals surface area contributed by atoms with E-state index in [4.69, 9.17) is 4.74 Å². The van der Waals surface area contributed by atoms with Crippen LogP contribution in [0.4, 0.5) is 0 Å². The summed E-state index contributed by atoms with van der Waals surface area (Å²) >= 11 is 1.65. The predicted octanol–water partition coefficient (Wildman–Crippen LogP) is 2.36. The van der Waals surface area contributed by atoms with Crippen molar-refractivity contribution in [3.63, 3.8) is 0 Å². The van der Waals surface area contributed by atoms with E-state index in [1.54, 1.807) is 18.4 Å². The standard InChI is InChI=1S/C11H15N3OS/c1-8(7-15-2)6-10-12-11(14-13-10)9-4-3-5-16-9/h3-5,8H,6-7H2,1-2H3,(H,12,13,14). The van der Waals surface area contributed by atoms with Crippen LogP contribution in [0.5, 0.6) is 0 Å². The quantitative estimate of drug-likeness (QED) is 0.868. The highest BCUT2D eigenvalue weighted by molar-refractivity contribution is 7.13. The third-order valence-electron chi connectivity index (χ3n) is 2.27. The minimum absolute atomic E-state index is 0.453. The van der Waals surface area contributed by atoms with Gasteiger partial charge in [0.05, 0.1) is 4.88 Å². The maximum absolute atomic E-state index is 5.09. The van der Waals surface area contributed by atoms with Gasteiger partial charge in [-0.15, -0.1) is 11.3 Å². The van der Waals surface area contributed by atoms with Gasteiger partial charge in [0.15, 0.2) is 5.82 Å². The van der Waals surface area contributed by atoms with Gasteiger partial charge in [-0.05, 0) is 17.4 Å². The monoisotopic (exact) mass is 237 g/mol. The summed E-state index contributed by atoms with van der Waals surface area (Å²) in [7, 11) is 1.72. The van der Waals surface area contributed by atoms with Crippen LogP contribution < -0.4 is 0 Å². The van der Waals surface area contributed by atoms with E-state index in [9.17, 15) is 0 Å². The minimum Gasteiger partial charge on any atom is -0.384 e. The lowest BCUT2D eigenvalue weighted by molar-refractivity contribution is 0.159. The number of thiophene rings is 1. The van der Waals surface area contributed by atoms with Crippen LogP contribution in [0.15, 0.2) is 17.5 Å². The summed E-state index contributed by atoms with van der Waals surface area (Å²) in [5.74, 6) is 2.16. The summed E-state index contributed by atoms with van der Waals surface area (Å²) in [6.07, 6.45) is 0.867. The topological polar surface area (TPSA) is 50.8 Å². The number of ether oxygens (including phenoxy) is 1. The lowest BCUT2D eigenvalue weighted by atomic mass is 10.1. The predicted molar refractivity (Wildman–Crippen MR) is 64.4 cm³/mol. The van der Waals surface area contributed by atoms with Crippen molar-refractivity contribution in [3.8, 4) is 10.7 Å². The molecule has 16 heavy (non-hydrogen) atoms. The van der Waals surface area contributed by atoms with E-state index in [1.165, 1.54) is 0 Å². The number of nitrogens with one attached hydrogen (secondary N) is 1. The second-order valence-electron chi connectivity index (χ2n) is 3.85. The van der Waals surface area contributed by atoms with Gasteiger partial charge in [0.2, 0.25) is 0 Å². The van der Waals surface area contributed by atoms with Gasteiger partial charge >= 0.3 is 0 Å². The smallest absolute Gasteiger partial charge is 0.191 e. The second-order valence-corrected chi connectivity index (χ2v) is 4.80. The summed E-state index contributed by atoms with van der Waals surface area (Å²) in [4.78, 5) is 5.56.